The number of aliphatic hydroxyl groups excluding tert-OH is 1. The first-order valence-corrected chi connectivity index (χ1v) is 8.03. The van der Waals surface area contributed by atoms with E-state index in [0.717, 1.165) is 32.0 Å². The van der Waals surface area contributed by atoms with Crippen LogP contribution < -0.4 is 15.2 Å². The van der Waals surface area contributed by atoms with Gasteiger partial charge < -0.3 is 25.2 Å². The van der Waals surface area contributed by atoms with Gasteiger partial charge in [-0.25, -0.2) is 0 Å². The topological polar surface area (TPSA) is 68.0 Å². The molecule has 3 rings (SSSR count). The highest BCUT2D eigenvalue weighted by atomic mass is 19.4. The van der Waals surface area contributed by atoms with Gasteiger partial charge in [0.1, 0.15) is 18.8 Å². The predicted molar refractivity (Wildman–Crippen MR) is 81.0 cm³/mol. The molecule has 0 aliphatic carbocycles. The van der Waals surface area contributed by atoms with Crippen LogP contribution in [0, 0.1) is 0 Å². The number of aliphatic hydroxyl groups is 1. The number of ether oxygens (including phenoxy) is 2. The van der Waals surface area contributed by atoms with Gasteiger partial charge in [-0.2, -0.15) is 13.2 Å². The van der Waals surface area contributed by atoms with Crippen LogP contribution in [0.15, 0.2) is 12.1 Å². The molecule has 1 fully saturated rings. The summed E-state index contributed by atoms with van der Waals surface area (Å²) in [6.45, 7) is 2.47. The van der Waals surface area contributed by atoms with Crippen LogP contribution in [-0.4, -0.2) is 48.9 Å². The van der Waals surface area contributed by atoms with Gasteiger partial charge in [-0.05, 0) is 43.6 Å². The summed E-state index contributed by atoms with van der Waals surface area (Å²) in [5, 5.41) is 10.4. The monoisotopic (exact) mass is 346 g/mol. The lowest BCUT2D eigenvalue weighted by Gasteiger charge is -2.27. The van der Waals surface area contributed by atoms with Crippen molar-refractivity contribution in [3.63, 3.8) is 0 Å². The molecule has 24 heavy (non-hydrogen) atoms. The van der Waals surface area contributed by atoms with E-state index in [9.17, 15) is 18.3 Å². The normalized spacial score (nSPS) is 20.9. The molecule has 1 saturated heterocycles. The Morgan fingerprint density at radius 1 is 1.17 bits per heavy atom. The van der Waals surface area contributed by atoms with Crippen molar-refractivity contribution >= 4 is 0 Å². The zero-order valence-corrected chi connectivity index (χ0v) is 13.2. The van der Waals surface area contributed by atoms with Gasteiger partial charge in [0.25, 0.3) is 0 Å². The number of alkyl halides is 3. The number of nitrogens with zero attached hydrogens (tertiary/aromatic N) is 1. The Morgan fingerprint density at radius 3 is 2.50 bits per heavy atom. The smallest absolute Gasteiger partial charge is 0.420 e. The van der Waals surface area contributed by atoms with E-state index < -0.39 is 23.9 Å². The van der Waals surface area contributed by atoms with E-state index >= 15 is 0 Å². The van der Waals surface area contributed by atoms with Crippen molar-refractivity contribution in [2.24, 2.45) is 5.73 Å². The Bertz CT molecular complexity index is 589. The maximum Gasteiger partial charge on any atom is 0.420 e. The average Bonchev–Trinajstić information content (AvgIpc) is 3.05. The standard InChI is InChI=1S/C16H21F3N2O3/c17-16(18,19)11-7-10(8-13-15(11)24-6-5-23-13)14(22)12(20)9-21-3-1-2-4-21/h7-8,12,14,22H,1-6,9,20H2/t12-,14-/m1/s1. The van der Waals surface area contributed by atoms with Gasteiger partial charge in [0.2, 0.25) is 0 Å². The molecule has 2 heterocycles. The fourth-order valence-corrected chi connectivity index (χ4v) is 3.17. The number of fused-ring (bicyclic) bond motifs is 1. The maximum atomic E-state index is 13.3. The summed E-state index contributed by atoms with van der Waals surface area (Å²) in [7, 11) is 0. The molecule has 134 valence electrons. The zero-order chi connectivity index (χ0) is 17.3. The van der Waals surface area contributed by atoms with Gasteiger partial charge in [0.05, 0.1) is 6.10 Å². The van der Waals surface area contributed by atoms with Crippen molar-refractivity contribution in [2.75, 3.05) is 32.8 Å². The molecule has 0 radical (unpaired) electrons. The van der Waals surface area contributed by atoms with E-state index in [0.29, 0.717) is 6.54 Å². The SMILES string of the molecule is N[C@H](CN1CCCC1)[C@H](O)c1cc2c(c(C(F)(F)F)c1)OCCO2. The lowest BCUT2D eigenvalue weighted by atomic mass is 9.98. The van der Waals surface area contributed by atoms with Gasteiger partial charge in [-0.3, -0.25) is 0 Å². The molecule has 0 unspecified atom stereocenters. The first-order chi connectivity index (χ1) is 11.4. The second-order valence-electron chi connectivity index (χ2n) is 6.21. The van der Waals surface area contributed by atoms with Crippen molar-refractivity contribution in [1.82, 2.24) is 4.90 Å². The molecule has 2 atom stereocenters. The third kappa shape index (κ3) is 3.60. The number of halogens is 3. The van der Waals surface area contributed by atoms with E-state index in [-0.39, 0.29) is 30.3 Å². The van der Waals surface area contributed by atoms with Crippen LogP contribution in [0.4, 0.5) is 13.2 Å². The van der Waals surface area contributed by atoms with Crippen molar-refractivity contribution in [3.05, 3.63) is 23.3 Å². The Hall–Kier alpha value is -1.51. The molecule has 2 aliphatic heterocycles. The maximum absolute atomic E-state index is 13.3. The minimum Gasteiger partial charge on any atom is -0.486 e. The molecule has 1 aromatic carbocycles. The zero-order valence-electron chi connectivity index (χ0n) is 13.2. The van der Waals surface area contributed by atoms with E-state index in [1.54, 1.807) is 0 Å². The minimum atomic E-state index is -4.60. The Morgan fingerprint density at radius 2 is 1.83 bits per heavy atom. The molecule has 0 aromatic heterocycles. The lowest BCUT2D eigenvalue weighted by Crippen LogP contribution is -2.40. The molecule has 0 saturated carbocycles. The van der Waals surface area contributed by atoms with Crippen molar-refractivity contribution < 1.29 is 27.8 Å². The van der Waals surface area contributed by atoms with Gasteiger partial charge in [0, 0.05) is 12.6 Å². The predicted octanol–water partition coefficient (Wildman–Crippen LogP) is 1.93. The van der Waals surface area contributed by atoms with Crippen molar-refractivity contribution in [1.29, 1.82) is 0 Å². The second kappa shape index (κ2) is 6.78. The number of hydrogen-bond donors (Lipinski definition) is 2. The second-order valence-corrected chi connectivity index (χ2v) is 6.21. The molecule has 0 bridgehead atoms. The van der Waals surface area contributed by atoms with Crippen LogP contribution in [0.2, 0.25) is 0 Å². The Balaban J connectivity index is 1.86. The number of rotatable bonds is 4. The van der Waals surface area contributed by atoms with Gasteiger partial charge in [0.15, 0.2) is 11.5 Å². The number of hydrogen-bond acceptors (Lipinski definition) is 5. The van der Waals surface area contributed by atoms with Crippen molar-refractivity contribution in [2.45, 2.75) is 31.2 Å². The summed E-state index contributed by atoms with van der Waals surface area (Å²) in [6, 6.07) is 1.62. The third-order valence-electron chi connectivity index (χ3n) is 4.38. The first-order valence-electron chi connectivity index (χ1n) is 8.03. The highest BCUT2D eigenvalue weighted by Gasteiger charge is 2.38. The summed E-state index contributed by atoms with van der Waals surface area (Å²) >= 11 is 0. The number of nitrogens with two attached hydrogens (primary N) is 1. The summed E-state index contributed by atoms with van der Waals surface area (Å²) in [5.74, 6) is -0.323. The molecule has 2 aliphatic rings. The highest BCUT2D eigenvalue weighted by molar-refractivity contribution is 5.52. The summed E-state index contributed by atoms with van der Waals surface area (Å²) < 4.78 is 50.3. The molecule has 5 nitrogen and oxygen atoms in total. The molecule has 1 aromatic rings. The van der Waals surface area contributed by atoms with Crippen LogP contribution in [-0.2, 0) is 6.18 Å². The van der Waals surface area contributed by atoms with Crippen LogP contribution in [0.5, 0.6) is 11.5 Å². The largest absolute Gasteiger partial charge is 0.486 e. The molecule has 0 amide bonds. The van der Waals surface area contributed by atoms with E-state index in [4.69, 9.17) is 15.2 Å². The summed E-state index contributed by atoms with van der Waals surface area (Å²) in [5.41, 5.74) is 5.17. The summed E-state index contributed by atoms with van der Waals surface area (Å²) in [6.07, 6.45) is -3.65. The van der Waals surface area contributed by atoms with Gasteiger partial charge >= 0.3 is 6.18 Å². The van der Waals surface area contributed by atoms with Gasteiger partial charge in [-0.15, -0.1) is 0 Å². The average molecular weight is 346 g/mol. The highest BCUT2D eigenvalue weighted by Crippen LogP contribution is 2.44. The van der Waals surface area contributed by atoms with Crippen LogP contribution in [0.25, 0.3) is 0 Å². The fourth-order valence-electron chi connectivity index (χ4n) is 3.17. The first kappa shape index (κ1) is 17.3. The molecular weight excluding hydrogens is 325 g/mol. The molecule has 8 heteroatoms. The van der Waals surface area contributed by atoms with Crippen LogP contribution in [0.3, 0.4) is 0 Å². The molecule has 0 spiro atoms. The lowest BCUT2D eigenvalue weighted by molar-refractivity contribution is -0.139. The van der Waals surface area contributed by atoms with E-state index in [2.05, 4.69) is 4.90 Å². The molecular formula is C16H21F3N2O3. The Kier molecular flexibility index (Phi) is 4.89. The quantitative estimate of drug-likeness (QED) is 0.872. The van der Waals surface area contributed by atoms with Gasteiger partial charge in [-0.1, -0.05) is 0 Å². The number of likely N-dealkylation sites (tertiary alicyclic amines) is 1. The van der Waals surface area contributed by atoms with Crippen LogP contribution in [0.1, 0.15) is 30.1 Å². The van der Waals surface area contributed by atoms with Crippen LogP contribution >= 0.6 is 0 Å². The fraction of sp³-hybridized carbons (Fsp3) is 0.625. The van der Waals surface area contributed by atoms with E-state index in [1.165, 1.54) is 6.07 Å². The van der Waals surface area contributed by atoms with E-state index in [1.807, 2.05) is 0 Å². The number of benzene rings is 1. The Labute approximate surface area is 138 Å². The minimum absolute atomic E-state index is 0.00139. The third-order valence-corrected chi connectivity index (χ3v) is 4.38. The summed E-state index contributed by atoms with van der Waals surface area (Å²) in [4.78, 5) is 2.11. The van der Waals surface area contributed by atoms with Crippen molar-refractivity contribution in [3.8, 4) is 11.5 Å². The molecule has 3 N–H and O–H groups in total.